The van der Waals surface area contributed by atoms with E-state index < -0.39 is 0 Å². The fourth-order valence-corrected chi connectivity index (χ4v) is 3.22. The third kappa shape index (κ3) is 1.36. The summed E-state index contributed by atoms with van der Waals surface area (Å²) in [6.45, 7) is 2.07. The average Bonchev–Trinajstić information content (AvgIpc) is 2.85. The van der Waals surface area contributed by atoms with Crippen molar-refractivity contribution in [2.75, 3.05) is 5.32 Å². The van der Waals surface area contributed by atoms with Crippen molar-refractivity contribution in [3.05, 3.63) is 29.3 Å². The number of aryl methyl sites for hydroxylation is 1. The van der Waals surface area contributed by atoms with Gasteiger partial charge in [0.2, 0.25) is 5.91 Å². The number of hydrogen-bond donors (Lipinski definition) is 1. The molecular formula is C14H17NO. The maximum absolute atomic E-state index is 12.1. The van der Waals surface area contributed by atoms with Crippen LogP contribution in [0.4, 0.5) is 5.69 Å². The van der Waals surface area contributed by atoms with E-state index in [1.54, 1.807) is 0 Å². The normalized spacial score (nSPS) is 24.6. The monoisotopic (exact) mass is 215 g/mol. The molecule has 1 atom stereocenters. The Bertz CT molecular complexity index is 432. The molecule has 1 N–H and O–H groups in total. The van der Waals surface area contributed by atoms with Gasteiger partial charge in [0.25, 0.3) is 0 Å². The molecule has 16 heavy (non-hydrogen) atoms. The van der Waals surface area contributed by atoms with E-state index in [1.165, 1.54) is 36.8 Å². The first-order valence-corrected chi connectivity index (χ1v) is 6.18. The summed E-state index contributed by atoms with van der Waals surface area (Å²) < 4.78 is 0. The number of rotatable bonds is 1. The van der Waals surface area contributed by atoms with E-state index in [1.807, 2.05) is 0 Å². The Morgan fingerprint density at radius 1 is 1.25 bits per heavy atom. The van der Waals surface area contributed by atoms with Crippen molar-refractivity contribution in [1.29, 1.82) is 0 Å². The molecule has 1 heterocycles. The average molecular weight is 215 g/mol. The van der Waals surface area contributed by atoms with Crippen LogP contribution in [-0.2, 0) is 4.79 Å². The van der Waals surface area contributed by atoms with Crippen molar-refractivity contribution < 1.29 is 4.79 Å². The van der Waals surface area contributed by atoms with Crippen LogP contribution < -0.4 is 5.32 Å². The predicted octanol–water partition coefficient (Wildman–Crippen LogP) is 3.22. The van der Waals surface area contributed by atoms with E-state index in [-0.39, 0.29) is 11.8 Å². The molecule has 0 aromatic heterocycles. The standard InChI is InChI=1S/C14H17NO/c1-9-5-4-8-11-12(10-6-2-3-7-10)14(16)15-13(9)11/h4-5,8,10,12H,2-3,6-7H2,1H3,(H,15,16). The number of hydrogen-bond acceptors (Lipinski definition) is 1. The fraction of sp³-hybridized carbons (Fsp3) is 0.500. The number of carbonyl (C=O) groups is 1. The van der Waals surface area contributed by atoms with Crippen LogP contribution in [-0.4, -0.2) is 5.91 Å². The molecule has 0 spiro atoms. The Morgan fingerprint density at radius 3 is 2.75 bits per heavy atom. The number of nitrogens with one attached hydrogen (secondary N) is 1. The molecule has 1 aromatic rings. The van der Waals surface area contributed by atoms with Gasteiger partial charge >= 0.3 is 0 Å². The van der Waals surface area contributed by atoms with Crippen LogP contribution in [0.2, 0.25) is 0 Å². The summed E-state index contributed by atoms with van der Waals surface area (Å²) in [4.78, 5) is 12.1. The summed E-state index contributed by atoms with van der Waals surface area (Å²) in [6, 6.07) is 6.25. The van der Waals surface area contributed by atoms with Crippen molar-refractivity contribution in [3.63, 3.8) is 0 Å². The molecule has 84 valence electrons. The van der Waals surface area contributed by atoms with Crippen LogP contribution in [0, 0.1) is 12.8 Å². The number of carbonyl (C=O) groups excluding carboxylic acids is 1. The molecule has 0 saturated heterocycles. The summed E-state index contributed by atoms with van der Waals surface area (Å²) in [7, 11) is 0. The first kappa shape index (κ1) is 9.88. The topological polar surface area (TPSA) is 29.1 Å². The molecule has 0 radical (unpaired) electrons. The van der Waals surface area contributed by atoms with Crippen LogP contribution in [0.25, 0.3) is 0 Å². The lowest BCUT2D eigenvalue weighted by atomic mass is 9.85. The number of para-hydroxylation sites is 1. The van der Waals surface area contributed by atoms with Crippen LogP contribution in [0.1, 0.15) is 42.7 Å². The van der Waals surface area contributed by atoms with Crippen LogP contribution >= 0.6 is 0 Å². The van der Waals surface area contributed by atoms with Gasteiger partial charge in [0.15, 0.2) is 0 Å². The van der Waals surface area contributed by atoms with Crippen molar-refractivity contribution >= 4 is 11.6 Å². The Morgan fingerprint density at radius 2 is 2.00 bits per heavy atom. The molecule has 1 amide bonds. The van der Waals surface area contributed by atoms with E-state index in [4.69, 9.17) is 0 Å². The smallest absolute Gasteiger partial charge is 0.232 e. The van der Waals surface area contributed by atoms with Gasteiger partial charge in [-0.05, 0) is 36.8 Å². The molecule has 1 unspecified atom stereocenters. The Labute approximate surface area is 96.1 Å². The highest BCUT2D eigenvalue weighted by atomic mass is 16.2. The largest absolute Gasteiger partial charge is 0.325 e. The van der Waals surface area contributed by atoms with E-state index in [0.717, 1.165) is 5.69 Å². The van der Waals surface area contributed by atoms with Crippen molar-refractivity contribution in [1.82, 2.24) is 0 Å². The second-order valence-corrected chi connectivity index (χ2v) is 5.05. The van der Waals surface area contributed by atoms with Gasteiger partial charge in [-0.15, -0.1) is 0 Å². The molecule has 3 rings (SSSR count). The number of anilines is 1. The molecule has 1 fully saturated rings. The highest BCUT2D eigenvalue weighted by Gasteiger charge is 2.38. The zero-order chi connectivity index (χ0) is 11.1. The lowest BCUT2D eigenvalue weighted by molar-refractivity contribution is -0.118. The number of benzene rings is 1. The molecule has 1 saturated carbocycles. The summed E-state index contributed by atoms with van der Waals surface area (Å²) >= 11 is 0. The minimum absolute atomic E-state index is 0.123. The van der Waals surface area contributed by atoms with Gasteiger partial charge in [-0.3, -0.25) is 4.79 Å². The SMILES string of the molecule is Cc1cccc2c1NC(=O)C2C1CCCC1. The summed E-state index contributed by atoms with van der Waals surface area (Å²) in [6.07, 6.45) is 5.00. The molecule has 1 aliphatic carbocycles. The van der Waals surface area contributed by atoms with Gasteiger partial charge in [0.1, 0.15) is 0 Å². The van der Waals surface area contributed by atoms with E-state index in [2.05, 4.69) is 30.4 Å². The second kappa shape index (κ2) is 3.62. The third-order valence-corrected chi connectivity index (χ3v) is 4.04. The Kier molecular flexibility index (Phi) is 2.23. The quantitative estimate of drug-likeness (QED) is 0.765. The maximum atomic E-state index is 12.1. The van der Waals surface area contributed by atoms with Gasteiger partial charge in [-0.2, -0.15) is 0 Å². The molecule has 1 aromatic carbocycles. The van der Waals surface area contributed by atoms with E-state index >= 15 is 0 Å². The van der Waals surface area contributed by atoms with Crippen LogP contribution in [0.15, 0.2) is 18.2 Å². The molecule has 1 aliphatic heterocycles. The van der Waals surface area contributed by atoms with Gasteiger partial charge < -0.3 is 5.32 Å². The van der Waals surface area contributed by atoms with Crippen molar-refractivity contribution in [2.45, 2.75) is 38.5 Å². The molecule has 2 heteroatoms. The van der Waals surface area contributed by atoms with Crippen molar-refractivity contribution in [2.24, 2.45) is 5.92 Å². The van der Waals surface area contributed by atoms with E-state index in [9.17, 15) is 4.79 Å². The van der Waals surface area contributed by atoms with Gasteiger partial charge in [-0.25, -0.2) is 0 Å². The summed E-state index contributed by atoms with van der Waals surface area (Å²) in [5.74, 6) is 0.914. The van der Waals surface area contributed by atoms with Crippen molar-refractivity contribution in [3.8, 4) is 0 Å². The fourth-order valence-electron chi connectivity index (χ4n) is 3.22. The first-order valence-electron chi connectivity index (χ1n) is 6.18. The van der Waals surface area contributed by atoms with Gasteiger partial charge in [-0.1, -0.05) is 31.0 Å². The lowest BCUT2D eigenvalue weighted by Crippen LogP contribution is -2.18. The number of amides is 1. The van der Waals surface area contributed by atoms with E-state index in [0.29, 0.717) is 5.92 Å². The predicted molar refractivity (Wildman–Crippen MR) is 64.5 cm³/mol. The third-order valence-electron chi connectivity index (χ3n) is 4.04. The van der Waals surface area contributed by atoms with Gasteiger partial charge in [0, 0.05) is 5.69 Å². The minimum atomic E-state index is 0.123. The first-order chi connectivity index (χ1) is 7.77. The van der Waals surface area contributed by atoms with Gasteiger partial charge in [0.05, 0.1) is 5.92 Å². The maximum Gasteiger partial charge on any atom is 0.232 e. The Hall–Kier alpha value is -1.31. The second-order valence-electron chi connectivity index (χ2n) is 5.05. The highest BCUT2D eigenvalue weighted by Crippen LogP contribution is 2.44. The highest BCUT2D eigenvalue weighted by molar-refractivity contribution is 6.03. The molecule has 0 bridgehead atoms. The molecule has 2 nitrogen and oxygen atoms in total. The zero-order valence-corrected chi connectivity index (χ0v) is 9.62. The molecule has 2 aliphatic rings. The minimum Gasteiger partial charge on any atom is -0.325 e. The number of fused-ring (bicyclic) bond motifs is 1. The summed E-state index contributed by atoms with van der Waals surface area (Å²) in [5.41, 5.74) is 3.49. The Balaban J connectivity index is 2.02. The van der Waals surface area contributed by atoms with Crippen LogP contribution in [0.5, 0.6) is 0 Å². The zero-order valence-electron chi connectivity index (χ0n) is 9.62. The van der Waals surface area contributed by atoms with Crippen LogP contribution in [0.3, 0.4) is 0 Å². The molecular weight excluding hydrogens is 198 g/mol. The summed E-state index contributed by atoms with van der Waals surface area (Å²) in [5, 5.41) is 3.05. The lowest BCUT2D eigenvalue weighted by Gasteiger charge is -2.16.